The molecule has 0 spiro atoms. The van der Waals surface area contributed by atoms with Crippen molar-refractivity contribution in [1.29, 1.82) is 0 Å². The second-order valence-electron chi connectivity index (χ2n) is 5.03. The molecule has 0 amide bonds. The van der Waals surface area contributed by atoms with Crippen LogP contribution in [0.4, 0.5) is 5.82 Å². The Labute approximate surface area is 95.1 Å². The van der Waals surface area contributed by atoms with E-state index in [-0.39, 0.29) is 0 Å². The summed E-state index contributed by atoms with van der Waals surface area (Å²) in [6.07, 6.45) is 8.98. The second-order valence-corrected chi connectivity index (χ2v) is 5.03. The van der Waals surface area contributed by atoms with Crippen molar-refractivity contribution >= 4 is 5.82 Å². The minimum absolute atomic E-state index is 0.503. The molecule has 2 saturated carbocycles. The smallest absolute Gasteiger partial charge is 0.144 e. The van der Waals surface area contributed by atoms with Gasteiger partial charge in [0, 0.05) is 18.7 Å². The third-order valence-electron chi connectivity index (χ3n) is 3.53. The number of nitrogens with zero attached hydrogens (tertiary/aromatic N) is 2. The Morgan fingerprint density at radius 1 is 1.38 bits per heavy atom. The van der Waals surface area contributed by atoms with Crippen molar-refractivity contribution in [3.8, 4) is 0 Å². The zero-order chi connectivity index (χ0) is 11.0. The van der Waals surface area contributed by atoms with Crippen LogP contribution in [-0.2, 0) is 0 Å². The van der Waals surface area contributed by atoms with E-state index in [1.54, 1.807) is 6.20 Å². The van der Waals surface area contributed by atoms with E-state index in [1.807, 2.05) is 6.20 Å². The van der Waals surface area contributed by atoms with Crippen LogP contribution in [0.2, 0.25) is 0 Å². The monoisotopic (exact) mass is 219 g/mol. The highest BCUT2D eigenvalue weighted by molar-refractivity contribution is 5.34. The van der Waals surface area contributed by atoms with Gasteiger partial charge in [0.25, 0.3) is 0 Å². The Morgan fingerprint density at radius 2 is 2.19 bits per heavy atom. The lowest BCUT2D eigenvalue weighted by atomic mass is 9.80. The van der Waals surface area contributed by atoms with Gasteiger partial charge >= 0.3 is 0 Å². The fourth-order valence-electron chi connectivity index (χ4n) is 2.06. The lowest BCUT2D eigenvalue weighted by Gasteiger charge is -2.36. The van der Waals surface area contributed by atoms with Gasteiger partial charge in [0.1, 0.15) is 5.82 Å². The topological polar surface area (TPSA) is 58.0 Å². The van der Waals surface area contributed by atoms with E-state index in [0.29, 0.717) is 12.5 Å². The minimum Gasteiger partial charge on any atom is -0.388 e. The van der Waals surface area contributed by atoms with Gasteiger partial charge in [0.05, 0.1) is 17.5 Å². The Balaban J connectivity index is 1.62. The number of hydrogen-bond acceptors (Lipinski definition) is 4. The third-order valence-corrected chi connectivity index (χ3v) is 3.53. The van der Waals surface area contributed by atoms with Crippen LogP contribution >= 0.6 is 0 Å². The number of hydrogen-bond donors (Lipinski definition) is 2. The van der Waals surface area contributed by atoms with Crippen LogP contribution in [0, 0.1) is 0 Å². The summed E-state index contributed by atoms with van der Waals surface area (Å²) in [4.78, 5) is 8.70. The van der Waals surface area contributed by atoms with E-state index in [2.05, 4.69) is 15.3 Å². The highest BCUT2D eigenvalue weighted by Crippen LogP contribution is 2.39. The lowest BCUT2D eigenvalue weighted by molar-refractivity contribution is -0.0202. The van der Waals surface area contributed by atoms with Gasteiger partial charge in [-0.15, -0.1) is 0 Å². The lowest BCUT2D eigenvalue weighted by Crippen LogP contribution is -2.43. The summed E-state index contributed by atoms with van der Waals surface area (Å²) in [6, 6.07) is 0. The maximum atomic E-state index is 9.95. The van der Waals surface area contributed by atoms with Gasteiger partial charge in [-0.25, -0.2) is 4.98 Å². The van der Waals surface area contributed by atoms with Gasteiger partial charge in [-0.1, -0.05) is 0 Å². The molecular formula is C12H17N3O. The molecule has 1 heterocycles. The molecule has 2 fully saturated rings. The first-order valence-electron chi connectivity index (χ1n) is 6.03. The molecule has 0 radical (unpaired) electrons. The van der Waals surface area contributed by atoms with Crippen LogP contribution in [0.5, 0.6) is 0 Å². The van der Waals surface area contributed by atoms with E-state index in [9.17, 15) is 5.11 Å². The number of aliphatic hydroxyl groups is 1. The molecule has 0 aromatic carbocycles. The summed E-state index contributed by atoms with van der Waals surface area (Å²) in [6.45, 7) is 0.593. The van der Waals surface area contributed by atoms with E-state index in [0.717, 1.165) is 30.8 Å². The van der Waals surface area contributed by atoms with Crippen molar-refractivity contribution in [2.75, 3.05) is 11.9 Å². The van der Waals surface area contributed by atoms with Crippen molar-refractivity contribution in [1.82, 2.24) is 9.97 Å². The highest BCUT2D eigenvalue weighted by Gasteiger charge is 2.34. The number of rotatable bonds is 4. The molecule has 1 aromatic rings. The van der Waals surface area contributed by atoms with Crippen molar-refractivity contribution < 1.29 is 5.11 Å². The summed E-state index contributed by atoms with van der Waals surface area (Å²) >= 11 is 0. The van der Waals surface area contributed by atoms with E-state index in [4.69, 9.17) is 0 Å². The zero-order valence-electron chi connectivity index (χ0n) is 9.32. The Kier molecular flexibility index (Phi) is 2.32. The predicted molar refractivity (Wildman–Crippen MR) is 61.3 cm³/mol. The fourth-order valence-corrected chi connectivity index (χ4v) is 2.06. The summed E-state index contributed by atoms with van der Waals surface area (Å²) in [5.74, 6) is 1.42. The van der Waals surface area contributed by atoms with Gasteiger partial charge in [-0.3, -0.25) is 4.98 Å². The molecule has 0 atom stereocenters. The van der Waals surface area contributed by atoms with Crippen molar-refractivity contribution in [2.24, 2.45) is 0 Å². The first kappa shape index (κ1) is 10.0. The van der Waals surface area contributed by atoms with Gasteiger partial charge < -0.3 is 10.4 Å². The van der Waals surface area contributed by atoms with Gasteiger partial charge in [-0.2, -0.15) is 0 Å². The number of aromatic nitrogens is 2. The predicted octanol–water partition coefficient (Wildman–Crippen LogP) is 1.68. The molecule has 86 valence electrons. The summed E-state index contributed by atoms with van der Waals surface area (Å²) < 4.78 is 0. The summed E-state index contributed by atoms with van der Waals surface area (Å²) in [5.41, 5.74) is 0.586. The average molecular weight is 219 g/mol. The first-order valence-corrected chi connectivity index (χ1v) is 6.03. The van der Waals surface area contributed by atoms with Crippen LogP contribution in [-0.4, -0.2) is 27.2 Å². The SMILES string of the molecule is OC1(CNc2cncc(C3CC3)n2)CCC1. The normalized spacial score (nSPS) is 22.6. The van der Waals surface area contributed by atoms with Crippen molar-refractivity contribution in [3.63, 3.8) is 0 Å². The Morgan fingerprint density at radius 3 is 2.81 bits per heavy atom. The van der Waals surface area contributed by atoms with Crippen LogP contribution in [0.1, 0.15) is 43.7 Å². The maximum absolute atomic E-state index is 9.95. The van der Waals surface area contributed by atoms with Gasteiger partial charge in [0.2, 0.25) is 0 Å². The highest BCUT2D eigenvalue weighted by atomic mass is 16.3. The van der Waals surface area contributed by atoms with Gasteiger partial charge in [0.15, 0.2) is 0 Å². The largest absolute Gasteiger partial charge is 0.388 e. The standard InChI is InChI=1S/C12H17N3O/c16-12(4-1-5-12)8-14-11-7-13-6-10(15-11)9-2-3-9/h6-7,9,16H,1-5,8H2,(H,14,15). The summed E-state index contributed by atoms with van der Waals surface area (Å²) in [7, 11) is 0. The molecule has 4 nitrogen and oxygen atoms in total. The Bertz CT molecular complexity index is 386. The first-order chi connectivity index (χ1) is 7.75. The molecule has 16 heavy (non-hydrogen) atoms. The number of nitrogens with one attached hydrogen (secondary N) is 1. The maximum Gasteiger partial charge on any atom is 0.144 e. The zero-order valence-corrected chi connectivity index (χ0v) is 9.32. The molecule has 2 aliphatic carbocycles. The third kappa shape index (κ3) is 2.02. The quantitative estimate of drug-likeness (QED) is 0.809. The number of anilines is 1. The molecule has 0 aliphatic heterocycles. The molecule has 0 unspecified atom stereocenters. The minimum atomic E-state index is -0.503. The Hall–Kier alpha value is -1.16. The molecule has 2 aliphatic rings. The summed E-state index contributed by atoms with van der Waals surface area (Å²) in [5, 5.41) is 13.1. The molecule has 1 aromatic heterocycles. The molecule has 0 saturated heterocycles. The second kappa shape index (κ2) is 3.70. The van der Waals surface area contributed by atoms with E-state index < -0.39 is 5.60 Å². The van der Waals surface area contributed by atoms with Crippen LogP contribution in [0.25, 0.3) is 0 Å². The van der Waals surface area contributed by atoms with E-state index >= 15 is 0 Å². The molecule has 3 rings (SSSR count). The molecule has 0 bridgehead atoms. The van der Waals surface area contributed by atoms with E-state index in [1.165, 1.54) is 12.8 Å². The van der Waals surface area contributed by atoms with Crippen LogP contribution < -0.4 is 5.32 Å². The van der Waals surface area contributed by atoms with Gasteiger partial charge in [-0.05, 0) is 32.1 Å². The van der Waals surface area contributed by atoms with Crippen LogP contribution in [0.3, 0.4) is 0 Å². The molecule has 2 N–H and O–H groups in total. The van der Waals surface area contributed by atoms with Crippen LogP contribution in [0.15, 0.2) is 12.4 Å². The average Bonchev–Trinajstić information content (AvgIpc) is 3.08. The molecular weight excluding hydrogens is 202 g/mol. The molecule has 4 heteroatoms. The van der Waals surface area contributed by atoms with Crippen molar-refractivity contribution in [2.45, 2.75) is 43.6 Å². The van der Waals surface area contributed by atoms with Crippen molar-refractivity contribution in [3.05, 3.63) is 18.1 Å². The fraction of sp³-hybridized carbons (Fsp3) is 0.667.